The number of aliphatic hydroxyl groups is 1. The fraction of sp³-hybridized carbons (Fsp3) is 0.450. The monoisotopic (exact) mass is 384 g/mol. The second-order valence-corrected chi connectivity index (χ2v) is 7.88. The van der Waals surface area contributed by atoms with Gasteiger partial charge in [0, 0.05) is 31.6 Å². The zero-order valence-electron chi connectivity index (χ0n) is 15.4. The molecule has 1 aliphatic carbocycles. The molecule has 1 spiro atoms. The number of aliphatic hydroxyl groups excluding tert-OH is 1. The Morgan fingerprint density at radius 3 is 2.64 bits per heavy atom. The van der Waals surface area contributed by atoms with E-state index in [0.717, 1.165) is 5.56 Å². The van der Waals surface area contributed by atoms with Gasteiger partial charge in [-0.25, -0.2) is 4.79 Å². The average Bonchev–Trinajstić information content (AvgIpc) is 3.22. The number of amides is 4. The van der Waals surface area contributed by atoms with E-state index in [1.165, 1.54) is 6.08 Å². The largest absolute Gasteiger partial charge is 0.391 e. The number of urea groups is 1. The van der Waals surface area contributed by atoms with Gasteiger partial charge in [-0.3, -0.25) is 9.59 Å². The van der Waals surface area contributed by atoms with Gasteiger partial charge in [0.2, 0.25) is 11.8 Å². The van der Waals surface area contributed by atoms with E-state index in [9.17, 15) is 19.5 Å². The van der Waals surface area contributed by atoms with Crippen molar-refractivity contribution in [2.75, 3.05) is 19.6 Å². The molecule has 4 N–H and O–H groups in total. The Bertz CT molecular complexity index is 804. The minimum atomic E-state index is -0.744. The molecule has 4 amide bonds. The van der Waals surface area contributed by atoms with Crippen molar-refractivity contribution in [1.29, 1.82) is 0 Å². The highest BCUT2D eigenvalue weighted by atomic mass is 16.3. The molecular weight excluding hydrogens is 360 g/mol. The normalized spacial score (nSPS) is 28.1. The standard InChI is InChI=1S/C20H24N4O4/c25-16-9-14(18(27)24-11-20(12-24)10-21-19(28)23-20)8-15(16)22-17(26)7-6-13-4-2-1-3-5-13/h1-7,14-16,25H,8-12H2,(H,22,26)(H2,21,23,28)/b7-6+/t14-,15-,16-/m0/s1. The van der Waals surface area contributed by atoms with Crippen molar-refractivity contribution in [2.45, 2.75) is 30.5 Å². The minimum Gasteiger partial charge on any atom is -0.391 e. The summed E-state index contributed by atoms with van der Waals surface area (Å²) in [5.74, 6) is -0.633. The molecule has 1 aromatic carbocycles. The van der Waals surface area contributed by atoms with Gasteiger partial charge in [-0.15, -0.1) is 0 Å². The minimum absolute atomic E-state index is 0.0256. The van der Waals surface area contributed by atoms with E-state index in [2.05, 4.69) is 16.0 Å². The predicted molar refractivity (Wildman–Crippen MR) is 102 cm³/mol. The number of carbonyl (C=O) groups is 3. The van der Waals surface area contributed by atoms with Gasteiger partial charge in [0.15, 0.2) is 0 Å². The lowest BCUT2D eigenvalue weighted by atomic mass is 9.89. The smallest absolute Gasteiger partial charge is 0.315 e. The van der Waals surface area contributed by atoms with Gasteiger partial charge in [0.25, 0.3) is 0 Å². The van der Waals surface area contributed by atoms with Crippen LogP contribution in [0.25, 0.3) is 6.08 Å². The molecule has 0 bridgehead atoms. The van der Waals surface area contributed by atoms with Gasteiger partial charge < -0.3 is 26.0 Å². The summed E-state index contributed by atoms with van der Waals surface area (Å²) < 4.78 is 0. The second kappa shape index (κ2) is 7.27. The molecule has 1 aromatic rings. The van der Waals surface area contributed by atoms with E-state index in [4.69, 9.17) is 0 Å². The summed E-state index contributed by atoms with van der Waals surface area (Å²) in [6.45, 7) is 1.48. The first-order valence-corrected chi connectivity index (χ1v) is 9.51. The van der Waals surface area contributed by atoms with Crippen molar-refractivity contribution in [3.05, 3.63) is 42.0 Å². The molecule has 148 valence electrons. The van der Waals surface area contributed by atoms with Crippen LogP contribution < -0.4 is 16.0 Å². The number of benzene rings is 1. The maximum absolute atomic E-state index is 12.7. The fourth-order valence-electron chi connectivity index (χ4n) is 4.21. The van der Waals surface area contributed by atoms with E-state index < -0.39 is 12.1 Å². The molecule has 3 atom stereocenters. The lowest BCUT2D eigenvalue weighted by molar-refractivity contribution is -0.143. The Balaban J connectivity index is 1.27. The highest BCUT2D eigenvalue weighted by molar-refractivity contribution is 5.92. The lowest BCUT2D eigenvalue weighted by Crippen LogP contribution is -2.70. The molecule has 0 radical (unpaired) electrons. The van der Waals surface area contributed by atoms with Crippen LogP contribution in [0.3, 0.4) is 0 Å². The van der Waals surface area contributed by atoms with Crippen LogP contribution in [-0.2, 0) is 9.59 Å². The summed E-state index contributed by atoms with van der Waals surface area (Å²) in [7, 11) is 0. The highest BCUT2D eigenvalue weighted by Gasteiger charge is 2.51. The Morgan fingerprint density at radius 1 is 1.21 bits per heavy atom. The molecule has 28 heavy (non-hydrogen) atoms. The van der Waals surface area contributed by atoms with E-state index in [1.807, 2.05) is 30.3 Å². The number of likely N-dealkylation sites (tertiary alicyclic amines) is 1. The first kappa shape index (κ1) is 18.5. The summed E-state index contributed by atoms with van der Waals surface area (Å²) in [6, 6.07) is 8.83. The zero-order chi connectivity index (χ0) is 19.7. The van der Waals surface area contributed by atoms with Gasteiger partial charge in [0.1, 0.15) is 0 Å². The van der Waals surface area contributed by atoms with E-state index >= 15 is 0 Å². The van der Waals surface area contributed by atoms with E-state index in [1.54, 1.807) is 11.0 Å². The Hall–Kier alpha value is -2.87. The number of carbonyl (C=O) groups excluding carboxylic acids is 3. The van der Waals surface area contributed by atoms with Crippen molar-refractivity contribution in [3.8, 4) is 0 Å². The van der Waals surface area contributed by atoms with Gasteiger partial charge in [-0.2, -0.15) is 0 Å². The highest BCUT2D eigenvalue weighted by Crippen LogP contribution is 2.32. The lowest BCUT2D eigenvalue weighted by Gasteiger charge is -2.47. The quantitative estimate of drug-likeness (QED) is 0.541. The Morgan fingerprint density at radius 2 is 1.96 bits per heavy atom. The summed E-state index contributed by atoms with van der Waals surface area (Å²) in [5, 5.41) is 18.7. The molecule has 2 saturated heterocycles. The molecule has 0 unspecified atom stereocenters. The molecule has 2 heterocycles. The third kappa shape index (κ3) is 3.73. The SMILES string of the molecule is O=C(/C=C/c1ccccc1)N[C@H]1C[C@H](C(=O)N2CC3(CNC(=O)N3)C2)C[C@@H]1O. The molecule has 3 fully saturated rings. The van der Waals surface area contributed by atoms with Crippen LogP contribution in [0, 0.1) is 5.92 Å². The van der Waals surface area contributed by atoms with E-state index in [-0.39, 0.29) is 29.3 Å². The van der Waals surface area contributed by atoms with Crippen LogP contribution >= 0.6 is 0 Å². The number of rotatable bonds is 4. The molecule has 1 saturated carbocycles. The second-order valence-electron chi connectivity index (χ2n) is 7.88. The molecule has 4 rings (SSSR count). The van der Waals surface area contributed by atoms with Crippen molar-refractivity contribution < 1.29 is 19.5 Å². The van der Waals surface area contributed by atoms with Crippen LogP contribution in [0.15, 0.2) is 36.4 Å². The van der Waals surface area contributed by atoms with Gasteiger partial charge in [-0.05, 0) is 24.5 Å². The first-order chi connectivity index (χ1) is 13.4. The molecule has 2 aliphatic heterocycles. The summed E-state index contributed by atoms with van der Waals surface area (Å²) in [5.41, 5.74) is 0.567. The van der Waals surface area contributed by atoms with Crippen LogP contribution in [0.2, 0.25) is 0 Å². The van der Waals surface area contributed by atoms with Gasteiger partial charge >= 0.3 is 6.03 Å². The summed E-state index contributed by atoms with van der Waals surface area (Å²) >= 11 is 0. The van der Waals surface area contributed by atoms with Crippen LogP contribution in [0.1, 0.15) is 18.4 Å². The van der Waals surface area contributed by atoms with Crippen molar-refractivity contribution in [2.24, 2.45) is 5.92 Å². The Kier molecular flexibility index (Phi) is 4.80. The topological polar surface area (TPSA) is 111 Å². The van der Waals surface area contributed by atoms with Crippen molar-refractivity contribution >= 4 is 23.9 Å². The van der Waals surface area contributed by atoms with Crippen LogP contribution in [0.5, 0.6) is 0 Å². The van der Waals surface area contributed by atoms with Crippen molar-refractivity contribution in [3.63, 3.8) is 0 Å². The van der Waals surface area contributed by atoms with Gasteiger partial charge in [-0.1, -0.05) is 30.3 Å². The number of hydrogen-bond acceptors (Lipinski definition) is 4. The van der Waals surface area contributed by atoms with E-state index in [0.29, 0.717) is 32.5 Å². The summed E-state index contributed by atoms with van der Waals surface area (Å²) in [4.78, 5) is 37.9. The first-order valence-electron chi connectivity index (χ1n) is 9.51. The molecule has 8 nitrogen and oxygen atoms in total. The van der Waals surface area contributed by atoms with Gasteiger partial charge in [0.05, 0.1) is 17.7 Å². The molecule has 8 heteroatoms. The number of hydrogen-bond donors (Lipinski definition) is 4. The molecular formula is C20H24N4O4. The third-order valence-corrected chi connectivity index (χ3v) is 5.70. The maximum atomic E-state index is 12.7. The number of nitrogens with one attached hydrogen (secondary N) is 3. The Labute approximate surface area is 163 Å². The van der Waals surface area contributed by atoms with Crippen molar-refractivity contribution in [1.82, 2.24) is 20.9 Å². The summed E-state index contributed by atoms with van der Waals surface area (Å²) in [6.07, 6.45) is 3.15. The van der Waals surface area contributed by atoms with Crippen LogP contribution in [-0.4, -0.2) is 65.2 Å². The fourth-order valence-corrected chi connectivity index (χ4v) is 4.21. The predicted octanol–water partition coefficient (Wildman–Crippen LogP) is -0.151. The molecule has 0 aromatic heterocycles. The van der Waals surface area contributed by atoms with Crippen LogP contribution in [0.4, 0.5) is 4.79 Å². The third-order valence-electron chi connectivity index (χ3n) is 5.70. The average molecular weight is 384 g/mol. The maximum Gasteiger partial charge on any atom is 0.315 e. The number of nitrogens with zero attached hydrogens (tertiary/aromatic N) is 1. The molecule has 3 aliphatic rings. The zero-order valence-corrected chi connectivity index (χ0v) is 15.4.